The molecule has 0 atom stereocenters. The lowest BCUT2D eigenvalue weighted by molar-refractivity contribution is 0.448. The SMILES string of the molecule is NCc1nn(C2CC2)c(=O)o1. The Morgan fingerprint density at radius 3 is 2.91 bits per heavy atom. The van der Waals surface area contributed by atoms with Crippen LogP contribution in [0.2, 0.25) is 0 Å². The molecule has 0 saturated heterocycles. The first-order chi connectivity index (χ1) is 5.31. The molecule has 0 amide bonds. The van der Waals surface area contributed by atoms with Crippen LogP contribution in [0, 0.1) is 0 Å². The Labute approximate surface area is 62.8 Å². The van der Waals surface area contributed by atoms with E-state index in [-0.39, 0.29) is 18.3 Å². The minimum absolute atomic E-state index is 0.189. The highest BCUT2D eigenvalue weighted by Crippen LogP contribution is 2.32. The Bertz CT molecular complexity index is 310. The van der Waals surface area contributed by atoms with E-state index in [2.05, 4.69) is 5.10 Å². The quantitative estimate of drug-likeness (QED) is 0.632. The van der Waals surface area contributed by atoms with E-state index in [4.69, 9.17) is 10.2 Å². The van der Waals surface area contributed by atoms with E-state index >= 15 is 0 Å². The van der Waals surface area contributed by atoms with Crippen molar-refractivity contribution >= 4 is 0 Å². The zero-order chi connectivity index (χ0) is 7.84. The van der Waals surface area contributed by atoms with Crippen LogP contribution in [0.1, 0.15) is 24.8 Å². The second-order valence-corrected chi connectivity index (χ2v) is 2.64. The van der Waals surface area contributed by atoms with Gasteiger partial charge < -0.3 is 10.2 Å². The molecule has 1 aromatic rings. The normalized spacial score (nSPS) is 17.2. The summed E-state index contributed by atoms with van der Waals surface area (Å²) in [5.41, 5.74) is 5.24. The molecule has 0 spiro atoms. The van der Waals surface area contributed by atoms with Crippen molar-refractivity contribution in [2.24, 2.45) is 5.73 Å². The van der Waals surface area contributed by atoms with Crippen molar-refractivity contribution in [1.29, 1.82) is 0 Å². The Hall–Kier alpha value is -1.10. The molecule has 0 bridgehead atoms. The maximum absolute atomic E-state index is 11.0. The minimum atomic E-state index is -0.382. The van der Waals surface area contributed by atoms with Crippen molar-refractivity contribution in [2.75, 3.05) is 0 Å². The highest BCUT2D eigenvalue weighted by atomic mass is 16.4. The molecule has 1 aromatic heterocycles. The maximum Gasteiger partial charge on any atom is 0.437 e. The first kappa shape index (κ1) is 6.60. The smallest absolute Gasteiger partial charge is 0.391 e. The van der Waals surface area contributed by atoms with Crippen LogP contribution < -0.4 is 11.5 Å². The third kappa shape index (κ3) is 1.07. The molecule has 2 N–H and O–H groups in total. The number of nitrogens with zero attached hydrogens (tertiary/aromatic N) is 2. The van der Waals surface area contributed by atoms with E-state index in [1.165, 1.54) is 4.68 Å². The molecule has 5 heteroatoms. The number of rotatable bonds is 2. The topological polar surface area (TPSA) is 74.0 Å². The average molecular weight is 155 g/mol. The van der Waals surface area contributed by atoms with E-state index in [1.54, 1.807) is 0 Å². The largest absolute Gasteiger partial charge is 0.437 e. The van der Waals surface area contributed by atoms with Gasteiger partial charge in [-0.3, -0.25) is 0 Å². The first-order valence-electron chi connectivity index (χ1n) is 3.60. The van der Waals surface area contributed by atoms with Crippen molar-refractivity contribution in [3.63, 3.8) is 0 Å². The second-order valence-electron chi connectivity index (χ2n) is 2.64. The molecular formula is C6H9N3O2. The number of hydrogen-bond acceptors (Lipinski definition) is 4. The van der Waals surface area contributed by atoms with E-state index in [9.17, 15) is 4.79 Å². The van der Waals surface area contributed by atoms with Gasteiger partial charge in [0, 0.05) is 0 Å². The standard InChI is InChI=1S/C6H9N3O2/c7-3-5-8-9(4-1-2-4)6(10)11-5/h4H,1-3,7H2. The molecule has 1 saturated carbocycles. The van der Waals surface area contributed by atoms with Gasteiger partial charge in [-0.2, -0.15) is 4.68 Å². The number of nitrogens with two attached hydrogens (primary N) is 1. The van der Waals surface area contributed by atoms with Crippen molar-refractivity contribution in [3.8, 4) is 0 Å². The summed E-state index contributed by atoms with van der Waals surface area (Å²) in [6.45, 7) is 0.189. The second kappa shape index (κ2) is 2.20. The molecule has 0 unspecified atom stereocenters. The van der Waals surface area contributed by atoms with Gasteiger partial charge in [-0.1, -0.05) is 0 Å². The van der Waals surface area contributed by atoms with Gasteiger partial charge in [0.15, 0.2) is 0 Å². The highest BCUT2D eigenvalue weighted by Gasteiger charge is 2.27. The van der Waals surface area contributed by atoms with Crippen LogP contribution in [0.5, 0.6) is 0 Å². The molecule has 1 aliphatic rings. The number of aromatic nitrogens is 2. The van der Waals surface area contributed by atoms with Crippen molar-refractivity contribution in [3.05, 3.63) is 16.4 Å². The molecule has 0 aliphatic heterocycles. The van der Waals surface area contributed by atoms with Gasteiger partial charge in [-0.15, -0.1) is 5.10 Å². The summed E-state index contributed by atoms with van der Waals surface area (Å²) in [5, 5.41) is 3.90. The zero-order valence-corrected chi connectivity index (χ0v) is 5.99. The Kier molecular flexibility index (Phi) is 1.32. The van der Waals surface area contributed by atoms with E-state index in [1.807, 2.05) is 0 Å². The van der Waals surface area contributed by atoms with Crippen LogP contribution in [0.4, 0.5) is 0 Å². The summed E-state index contributed by atoms with van der Waals surface area (Å²) in [6.07, 6.45) is 2.05. The van der Waals surface area contributed by atoms with Gasteiger partial charge in [-0.25, -0.2) is 4.79 Å². The summed E-state index contributed by atoms with van der Waals surface area (Å²) < 4.78 is 6.11. The van der Waals surface area contributed by atoms with Gasteiger partial charge in [0.25, 0.3) is 0 Å². The fourth-order valence-corrected chi connectivity index (χ4v) is 0.961. The molecule has 11 heavy (non-hydrogen) atoms. The van der Waals surface area contributed by atoms with Crippen molar-refractivity contribution in [2.45, 2.75) is 25.4 Å². The van der Waals surface area contributed by atoms with Gasteiger partial charge in [0.05, 0.1) is 12.6 Å². The molecule has 1 aliphatic carbocycles. The predicted octanol–water partition coefficient (Wildman–Crippen LogP) is -0.370. The van der Waals surface area contributed by atoms with Crippen LogP contribution in [0.15, 0.2) is 9.21 Å². The Morgan fingerprint density at radius 1 is 1.73 bits per heavy atom. The van der Waals surface area contributed by atoms with Crippen molar-refractivity contribution < 1.29 is 4.42 Å². The average Bonchev–Trinajstić information content (AvgIpc) is 2.76. The van der Waals surface area contributed by atoms with Crippen LogP contribution in [0.25, 0.3) is 0 Å². The van der Waals surface area contributed by atoms with Gasteiger partial charge in [0.1, 0.15) is 0 Å². The molecular weight excluding hydrogens is 146 g/mol. The molecule has 0 radical (unpaired) electrons. The van der Waals surface area contributed by atoms with E-state index in [0.717, 1.165) is 12.8 Å². The molecule has 5 nitrogen and oxygen atoms in total. The Balaban J connectivity index is 2.38. The third-order valence-electron chi connectivity index (χ3n) is 1.68. The van der Waals surface area contributed by atoms with Crippen molar-refractivity contribution in [1.82, 2.24) is 9.78 Å². The van der Waals surface area contributed by atoms with Gasteiger partial charge in [0.2, 0.25) is 5.89 Å². The molecule has 0 aromatic carbocycles. The maximum atomic E-state index is 11.0. The lowest BCUT2D eigenvalue weighted by atomic mass is 10.7. The summed E-state index contributed by atoms with van der Waals surface area (Å²) >= 11 is 0. The highest BCUT2D eigenvalue weighted by molar-refractivity contribution is 4.83. The molecule has 1 fully saturated rings. The molecule has 2 rings (SSSR count). The summed E-state index contributed by atoms with van der Waals surface area (Å²) in [6, 6.07) is 0.270. The number of hydrogen-bond donors (Lipinski definition) is 1. The monoisotopic (exact) mass is 155 g/mol. The lowest BCUT2D eigenvalue weighted by Gasteiger charge is -1.87. The van der Waals surface area contributed by atoms with Gasteiger partial charge >= 0.3 is 5.76 Å². The third-order valence-corrected chi connectivity index (χ3v) is 1.68. The van der Waals surface area contributed by atoms with Crippen LogP contribution in [0.3, 0.4) is 0 Å². The molecule has 1 heterocycles. The van der Waals surface area contributed by atoms with Crippen LogP contribution in [-0.4, -0.2) is 9.78 Å². The first-order valence-corrected chi connectivity index (χ1v) is 3.60. The molecule has 60 valence electrons. The fraction of sp³-hybridized carbons (Fsp3) is 0.667. The summed E-state index contributed by atoms with van der Waals surface area (Å²) in [4.78, 5) is 11.0. The van der Waals surface area contributed by atoms with Gasteiger partial charge in [-0.05, 0) is 12.8 Å². The van der Waals surface area contributed by atoms with Crippen LogP contribution >= 0.6 is 0 Å². The minimum Gasteiger partial charge on any atom is -0.391 e. The lowest BCUT2D eigenvalue weighted by Crippen LogP contribution is -2.13. The zero-order valence-electron chi connectivity index (χ0n) is 5.99. The summed E-state index contributed by atoms with van der Waals surface area (Å²) in [7, 11) is 0. The summed E-state index contributed by atoms with van der Waals surface area (Å²) in [5.74, 6) is -0.0603. The van der Waals surface area contributed by atoms with E-state index < -0.39 is 0 Å². The van der Waals surface area contributed by atoms with Crippen LogP contribution in [-0.2, 0) is 6.54 Å². The predicted molar refractivity (Wildman–Crippen MR) is 36.9 cm³/mol. The fourth-order valence-electron chi connectivity index (χ4n) is 0.961. The Morgan fingerprint density at radius 2 is 2.45 bits per heavy atom. The van der Waals surface area contributed by atoms with E-state index in [0.29, 0.717) is 5.89 Å².